The lowest BCUT2D eigenvalue weighted by atomic mass is 10.2. The lowest BCUT2D eigenvalue weighted by molar-refractivity contribution is -0.121. The first-order valence-corrected chi connectivity index (χ1v) is 6.83. The molecule has 0 spiro atoms. The van der Waals surface area contributed by atoms with E-state index in [9.17, 15) is 19.4 Å². The van der Waals surface area contributed by atoms with Crippen LogP contribution in [-0.2, 0) is 4.79 Å². The summed E-state index contributed by atoms with van der Waals surface area (Å²) in [5, 5.41) is 25.5. The van der Waals surface area contributed by atoms with Gasteiger partial charge in [0.25, 0.3) is 5.91 Å². The van der Waals surface area contributed by atoms with Gasteiger partial charge in [0.15, 0.2) is 11.5 Å². The van der Waals surface area contributed by atoms with Crippen LogP contribution in [0.1, 0.15) is 12.5 Å². The van der Waals surface area contributed by atoms with Crippen molar-refractivity contribution >= 4 is 17.8 Å². The van der Waals surface area contributed by atoms with Gasteiger partial charge in [-0.15, -0.1) is 0 Å². The molecule has 2 aromatic carbocycles. The molecule has 0 heterocycles. The van der Waals surface area contributed by atoms with Gasteiger partial charge in [-0.3, -0.25) is 4.79 Å². The zero-order valence-corrected chi connectivity index (χ0v) is 12.3. The van der Waals surface area contributed by atoms with E-state index in [1.807, 2.05) is 0 Å². The maximum absolute atomic E-state index is 13.1. The van der Waals surface area contributed by atoms with E-state index in [0.717, 1.165) is 0 Å². The topological polar surface area (TPSA) is 94.0 Å². The van der Waals surface area contributed by atoms with Crippen molar-refractivity contribution in [2.24, 2.45) is 5.10 Å². The Hall–Kier alpha value is -3.09. The largest absolute Gasteiger partial charge is 0.504 e. The molecule has 23 heavy (non-hydrogen) atoms. The summed E-state index contributed by atoms with van der Waals surface area (Å²) >= 11 is 0. The lowest BCUT2D eigenvalue weighted by Gasteiger charge is -2.13. The molecule has 0 aliphatic rings. The van der Waals surface area contributed by atoms with Crippen LogP contribution in [0.3, 0.4) is 0 Å². The highest BCUT2D eigenvalue weighted by Crippen LogP contribution is 2.26. The van der Waals surface area contributed by atoms with Gasteiger partial charge in [0.05, 0.1) is 6.21 Å². The van der Waals surface area contributed by atoms with Crippen LogP contribution in [0.25, 0.3) is 0 Å². The Bertz CT molecular complexity index is 734. The molecule has 0 saturated carbocycles. The van der Waals surface area contributed by atoms with Crippen molar-refractivity contribution in [1.82, 2.24) is 5.43 Å². The number of hydrogen-bond donors (Lipinski definition) is 4. The van der Waals surface area contributed by atoms with Gasteiger partial charge in [-0.2, -0.15) is 5.10 Å². The van der Waals surface area contributed by atoms with Crippen molar-refractivity contribution in [3.05, 3.63) is 53.8 Å². The summed E-state index contributed by atoms with van der Waals surface area (Å²) in [6, 6.07) is 9.50. The molecule has 2 aromatic rings. The van der Waals surface area contributed by atoms with Crippen LogP contribution >= 0.6 is 0 Å². The summed E-state index contributed by atoms with van der Waals surface area (Å²) in [7, 11) is 0. The van der Waals surface area contributed by atoms with Crippen molar-refractivity contribution in [1.29, 1.82) is 0 Å². The molecule has 120 valence electrons. The number of para-hydroxylation sites is 1. The Morgan fingerprint density at radius 2 is 2.00 bits per heavy atom. The number of amides is 1. The number of hydrazone groups is 1. The van der Waals surface area contributed by atoms with Crippen LogP contribution in [0.15, 0.2) is 47.6 Å². The van der Waals surface area contributed by atoms with E-state index >= 15 is 0 Å². The maximum Gasteiger partial charge on any atom is 0.262 e. The molecular weight excluding hydrogens is 301 g/mol. The van der Waals surface area contributed by atoms with Gasteiger partial charge in [0, 0.05) is 11.3 Å². The minimum absolute atomic E-state index is 0.260. The lowest BCUT2D eigenvalue weighted by Crippen LogP contribution is -2.34. The average molecular weight is 317 g/mol. The molecule has 6 nitrogen and oxygen atoms in total. The summed E-state index contributed by atoms with van der Waals surface area (Å²) in [4.78, 5) is 11.9. The number of phenols is 2. The summed E-state index contributed by atoms with van der Waals surface area (Å²) in [6.45, 7) is 1.60. The maximum atomic E-state index is 13.1. The number of carbonyl (C=O) groups excluding carboxylic acids is 1. The molecule has 1 unspecified atom stereocenters. The highest BCUT2D eigenvalue weighted by Gasteiger charge is 2.12. The van der Waals surface area contributed by atoms with Crippen molar-refractivity contribution in [2.45, 2.75) is 13.0 Å². The minimum atomic E-state index is -0.647. The number of rotatable bonds is 5. The van der Waals surface area contributed by atoms with Gasteiger partial charge in [0.2, 0.25) is 0 Å². The van der Waals surface area contributed by atoms with Gasteiger partial charge in [-0.05, 0) is 37.3 Å². The Morgan fingerprint density at radius 1 is 1.26 bits per heavy atom. The number of benzene rings is 2. The number of hydrogen-bond acceptors (Lipinski definition) is 5. The van der Waals surface area contributed by atoms with Crippen molar-refractivity contribution in [2.75, 3.05) is 5.32 Å². The molecule has 0 aliphatic heterocycles. The summed E-state index contributed by atoms with van der Waals surface area (Å²) in [5.74, 6) is -1.44. The highest BCUT2D eigenvalue weighted by atomic mass is 19.1. The normalized spacial score (nSPS) is 12.1. The molecule has 2 rings (SSSR count). The third kappa shape index (κ3) is 4.44. The monoisotopic (exact) mass is 317 g/mol. The number of nitrogens with one attached hydrogen (secondary N) is 2. The fourth-order valence-corrected chi connectivity index (χ4v) is 1.81. The second-order valence-electron chi connectivity index (χ2n) is 4.83. The van der Waals surface area contributed by atoms with Gasteiger partial charge in [-0.25, -0.2) is 9.82 Å². The average Bonchev–Trinajstić information content (AvgIpc) is 2.51. The summed E-state index contributed by atoms with van der Waals surface area (Å²) in [5.41, 5.74) is 3.03. The molecule has 0 aromatic heterocycles. The van der Waals surface area contributed by atoms with Crippen molar-refractivity contribution in [3.63, 3.8) is 0 Å². The van der Waals surface area contributed by atoms with E-state index in [-0.39, 0.29) is 17.1 Å². The Morgan fingerprint density at radius 3 is 2.74 bits per heavy atom. The first kappa shape index (κ1) is 16.3. The Kier molecular flexibility index (Phi) is 5.14. The van der Waals surface area contributed by atoms with Crippen LogP contribution in [0.2, 0.25) is 0 Å². The van der Waals surface area contributed by atoms with Gasteiger partial charge >= 0.3 is 0 Å². The van der Waals surface area contributed by atoms with Gasteiger partial charge in [-0.1, -0.05) is 12.1 Å². The quantitative estimate of drug-likeness (QED) is 0.386. The first-order chi connectivity index (χ1) is 11.0. The van der Waals surface area contributed by atoms with Crippen LogP contribution in [0, 0.1) is 5.82 Å². The van der Waals surface area contributed by atoms with E-state index in [2.05, 4.69) is 15.8 Å². The second-order valence-corrected chi connectivity index (χ2v) is 4.83. The highest BCUT2D eigenvalue weighted by molar-refractivity contribution is 5.88. The predicted molar refractivity (Wildman–Crippen MR) is 85.0 cm³/mol. The van der Waals surface area contributed by atoms with Gasteiger partial charge in [0.1, 0.15) is 11.9 Å². The van der Waals surface area contributed by atoms with E-state index < -0.39 is 17.8 Å². The third-order valence-corrected chi connectivity index (χ3v) is 3.03. The van der Waals surface area contributed by atoms with Crippen LogP contribution < -0.4 is 10.7 Å². The van der Waals surface area contributed by atoms with Gasteiger partial charge < -0.3 is 15.5 Å². The van der Waals surface area contributed by atoms with E-state index in [1.54, 1.807) is 13.0 Å². The predicted octanol–water partition coefficient (Wildman–Crippen LogP) is 2.19. The molecule has 0 bridgehead atoms. The number of aromatic hydroxyl groups is 2. The zero-order chi connectivity index (χ0) is 16.8. The molecular formula is C16H16FN3O3. The second kappa shape index (κ2) is 7.26. The van der Waals surface area contributed by atoms with E-state index in [4.69, 9.17) is 0 Å². The molecule has 0 radical (unpaired) electrons. The number of halogens is 1. The molecule has 4 N–H and O–H groups in total. The van der Waals surface area contributed by atoms with Crippen LogP contribution in [0.5, 0.6) is 11.5 Å². The fraction of sp³-hybridized carbons (Fsp3) is 0.125. The van der Waals surface area contributed by atoms with Crippen molar-refractivity contribution < 1.29 is 19.4 Å². The Balaban J connectivity index is 1.93. The fourth-order valence-electron chi connectivity index (χ4n) is 1.81. The Labute approximate surface area is 132 Å². The number of carbonyl (C=O) groups is 1. The van der Waals surface area contributed by atoms with Crippen LogP contribution in [0.4, 0.5) is 10.1 Å². The standard InChI is InChI=1S/C16H16FN3O3/c1-10(19-13-6-3-5-12(17)8-13)16(23)20-18-9-11-4-2-7-14(21)15(11)22/h2-10,19,21-22H,1H3,(H,20,23). The SMILES string of the molecule is CC(Nc1cccc(F)c1)C(=O)NN=Cc1cccc(O)c1O. The van der Waals surface area contributed by atoms with E-state index in [0.29, 0.717) is 5.69 Å². The number of nitrogens with zero attached hydrogens (tertiary/aromatic N) is 1. The number of phenolic OH excluding ortho intramolecular Hbond substituents is 2. The zero-order valence-electron chi connectivity index (χ0n) is 12.3. The summed E-state index contributed by atoms with van der Waals surface area (Å²) < 4.78 is 13.1. The smallest absolute Gasteiger partial charge is 0.262 e. The van der Waals surface area contributed by atoms with Crippen LogP contribution in [-0.4, -0.2) is 28.4 Å². The number of anilines is 1. The van der Waals surface area contributed by atoms with Crippen molar-refractivity contribution in [3.8, 4) is 11.5 Å². The van der Waals surface area contributed by atoms with E-state index in [1.165, 1.54) is 42.6 Å². The summed E-state index contributed by atoms with van der Waals surface area (Å²) in [6.07, 6.45) is 1.21. The third-order valence-electron chi connectivity index (χ3n) is 3.03. The molecule has 0 saturated heterocycles. The first-order valence-electron chi connectivity index (χ1n) is 6.83. The molecule has 1 amide bonds. The molecule has 0 aliphatic carbocycles. The molecule has 7 heteroatoms. The molecule has 1 atom stereocenters. The molecule has 0 fully saturated rings. The minimum Gasteiger partial charge on any atom is -0.504 e.